The topological polar surface area (TPSA) is 64.4 Å². The molecule has 0 unspecified atom stereocenters. The Kier molecular flexibility index (Phi) is 4.54. The lowest BCUT2D eigenvalue weighted by atomic mass is 9.92. The molecule has 0 aromatic heterocycles. The van der Waals surface area contributed by atoms with Crippen molar-refractivity contribution in [1.82, 2.24) is 5.32 Å². The van der Waals surface area contributed by atoms with Crippen LogP contribution in [0.15, 0.2) is 22.7 Å². The predicted octanol–water partition coefficient (Wildman–Crippen LogP) is 3.02. The Morgan fingerprint density at radius 1 is 1.47 bits per heavy atom. The molecule has 1 aliphatic heterocycles. The molecule has 0 aliphatic carbocycles. The molecule has 1 aromatic carbocycles. The molecule has 1 heterocycles. The summed E-state index contributed by atoms with van der Waals surface area (Å²) < 4.78 is 6.06. The van der Waals surface area contributed by atoms with E-state index in [0.29, 0.717) is 12.1 Å². The van der Waals surface area contributed by atoms with Crippen molar-refractivity contribution in [1.29, 1.82) is 0 Å². The van der Waals surface area contributed by atoms with Crippen LogP contribution in [0, 0.1) is 10.1 Å². The van der Waals surface area contributed by atoms with Crippen molar-refractivity contribution in [3.8, 4) is 0 Å². The number of ether oxygens (including phenoxy) is 1. The maximum absolute atomic E-state index is 11.0. The van der Waals surface area contributed by atoms with Gasteiger partial charge in [0, 0.05) is 41.4 Å². The van der Waals surface area contributed by atoms with Crippen molar-refractivity contribution < 1.29 is 9.66 Å². The number of halogens is 1. The van der Waals surface area contributed by atoms with E-state index < -0.39 is 0 Å². The average molecular weight is 329 g/mol. The van der Waals surface area contributed by atoms with Gasteiger partial charge in [-0.3, -0.25) is 10.1 Å². The molecule has 104 valence electrons. The standard InChI is InChI=1S/C13H17BrN2O3/c1-13(4-6-19-7-5-13)15-9-10-2-3-11(14)8-12(10)16(17)18/h2-3,8,15H,4-7,9H2,1H3. The Morgan fingerprint density at radius 3 is 2.79 bits per heavy atom. The van der Waals surface area contributed by atoms with Gasteiger partial charge in [-0.1, -0.05) is 15.9 Å². The van der Waals surface area contributed by atoms with Crippen molar-refractivity contribution in [2.45, 2.75) is 31.8 Å². The lowest BCUT2D eigenvalue weighted by Crippen LogP contribution is -2.46. The Hall–Kier alpha value is -0.980. The van der Waals surface area contributed by atoms with Gasteiger partial charge in [0.05, 0.1) is 4.92 Å². The van der Waals surface area contributed by atoms with E-state index in [4.69, 9.17) is 4.74 Å². The van der Waals surface area contributed by atoms with Crippen LogP contribution >= 0.6 is 15.9 Å². The van der Waals surface area contributed by atoms with Gasteiger partial charge >= 0.3 is 0 Å². The number of rotatable bonds is 4. The highest BCUT2D eigenvalue weighted by atomic mass is 79.9. The van der Waals surface area contributed by atoms with Crippen molar-refractivity contribution >= 4 is 21.6 Å². The van der Waals surface area contributed by atoms with Crippen molar-refractivity contribution in [2.24, 2.45) is 0 Å². The summed E-state index contributed by atoms with van der Waals surface area (Å²) in [5.74, 6) is 0. The van der Waals surface area contributed by atoms with E-state index in [1.54, 1.807) is 12.1 Å². The first-order chi connectivity index (χ1) is 9.00. The number of nitrogens with one attached hydrogen (secondary N) is 1. The molecule has 0 spiro atoms. The normalized spacial score (nSPS) is 18.2. The quantitative estimate of drug-likeness (QED) is 0.681. The summed E-state index contributed by atoms with van der Waals surface area (Å²) in [5.41, 5.74) is 0.859. The van der Waals surface area contributed by atoms with Crippen LogP contribution in [0.1, 0.15) is 25.3 Å². The molecule has 0 atom stereocenters. The molecule has 0 amide bonds. The third-order valence-electron chi connectivity index (χ3n) is 3.55. The number of nitro benzene ring substituents is 1. The monoisotopic (exact) mass is 328 g/mol. The van der Waals surface area contributed by atoms with Crippen LogP contribution in [0.3, 0.4) is 0 Å². The summed E-state index contributed by atoms with van der Waals surface area (Å²) in [7, 11) is 0. The van der Waals surface area contributed by atoms with Crippen LogP contribution in [0.2, 0.25) is 0 Å². The van der Waals surface area contributed by atoms with E-state index in [-0.39, 0.29) is 16.1 Å². The van der Waals surface area contributed by atoms with Gasteiger partial charge in [-0.25, -0.2) is 0 Å². The second-order valence-corrected chi connectivity index (χ2v) is 5.97. The van der Waals surface area contributed by atoms with Crippen LogP contribution in [0.25, 0.3) is 0 Å². The maximum atomic E-state index is 11.0. The molecule has 6 heteroatoms. The minimum Gasteiger partial charge on any atom is -0.381 e. The maximum Gasteiger partial charge on any atom is 0.275 e. The molecular weight excluding hydrogens is 312 g/mol. The van der Waals surface area contributed by atoms with Gasteiger partial charge in [-0.15, -0.1) is 0 Å². The molecule has 0 bridgehead atoms. The zero-order valence-corrected chi connectivity index (χ0v) is 12.4. The fourth-order valence-corrected chi connectivity index (χ4v) is 2.51. The molecule has 1 N–H and O–H groups in total. The number of nitrogens with zero attached hydrogens (tertiary/aromatic N) is 1. The Bertz CT molecular complexity index is 473. The third-order valence-corrected chi connectivity index (χ3v) is 4.04. The molecular formula is C13H17BrN2O3. The Morgan fingerprint density at radius 2 is 2.16 bits per heavy atom. The largest absolute Gasteiger partial charge is 0.381 e. The van der Waals surface area contributed by atoms with Gasteiger partial charge in [0.1, 0.15) is 0 Å². The molecule has 5 nitrogen and oxygen atoms in total. The number of nitro groups is 1. The summed E-state index contributed by atoms with van der Waals surface area (Å²) in [6.07, 6.45) is 1.86. The van der Waals surface area contributed by atoms with Gasteiger partial charge in [0.25, 0.3) is 5.69 Å². The van der Waals surface area contributed by atoms with Gasteiger partial charge in [0.15, 0.2) is 0 Å². The van der Waals surface area contributed by atoms with E-state index >= 15 is 0 Å². The van der Waals surface area contributed by atoms with Gasteiger partial charge < -0.3 is 10.1 Å². The van der Waals surface area contributed by atoms with Gasteiger partial charge in [-0.2, -0.15) is 0 Å². The van der Waals surface area contributed by atoms with Crippen LogP contribution in [-0.4, -0.2) is 23.7 Å². The van der Waals surface area contributed by atoms with Crippen molar-refractivity contribution in [3.63, 3.8) is 0 Å². The molecule has 0 saturated carbocycles. The van der Waals surface area contributed by atoms with E-state index in [0.717, 1.165) is 30.5 Å². The van der Waals surface area contributed by atoms with Crippen LogP contribution in [0.5, 0.6) is 0 Å². The zero-order chi connectivity index (χ0) is 13.9. The molecule has 1 saturated heterocycles. The predicted molar refractivity (Wildman–Crippen MR) is 76.1 cm³/mol. The zero-order valence-electron chi connectivity index (χ0n) is 10.8. The third kappa shape index (κ3) is 3.75. The summed E-state index contributed by atoms with van der Waals surface area (Å²) in [6, 6.07) is 5.16. The van der Waals surface area contributed by atoms with E-state index in [9.17, 15) is 10.1 Å². The molecule has 19 heavy (non-hydrogen) atoms. The summed E-state index contributed by atoms with van der Waals surface area (Å²) in [5, 5.41) is 14.5. The molecule has 1 aliphatic rings. The minimum absolute atomic E-state index is 0.000801. The van der Waals surface area contributed by atoms with Crippen LogP contribution in [0.4, 0.5) is 5.69 Å². The van der Waals surface area contributed by atoms with Crippen molar-refractivity contribution in [3.05, 3.63) is 38.3 Å². The fraction of sp³-hybridized carbons (Fsp3) is 0.538. The van der Waals surface area contributed by atoms with Crippen LogP contribution in [-0.2, 0) is 11.3 Å². The van der Waals surface area contributed by atoms with E-state index in [2.05, 4.69) is 28.2 Å². The summed E-state index contributed by atoms with van der Waals surface area (Å²) >= 11 is 3.26. The first-order valence-electron chi connectivity index (χ1n) is 6.26. The first-order valence-corrected chi connectivity index (χ1v) is 7.05. The first kappa shape index (κ1) is 14.4. The highest BCUT2D eigenvalue weighted by Crippen LogP contribution is 2.25. The highest BCUT2D eigenvalue weighted by Gasteiger charge is 2.27. The van der Waals surface area contributed by atoms with Gasteiger partial charge in [0.2, 0.25) is 0 Å². The molecule has 2 rings (SSSR count). The summed E-state index contributed by atoms with van der Waals surface area (Å²) in [4.78, 5) is 10.7. The molecule has 1 aromatic rings. The average Bonchev–Trinajstić information content (AvgIpc) is 2.38. The van der Waals surface area contributed by atoms with Gasteiger partial charge in [-0.05, 0) is 31.9 Å². The lowest BCUT2D eigenvalue weighted by Gasteiger charge is -2.34. The highest BCUT2D eigenvalue weighted by molar-refractivity contribution is 9.10. The van der Waals surface area contributed by atoms with Crippen LogP contribution < -0.4 is 5.32 Å². The smallest absolute Gasteiger partial charge is 0.275 e. The lowest BCUT2D eigenvalue weighted by molar-refractivity contribution is -0.385. The second-order valence-electron chi connectivity index (χ2n) is 5.06. The SMILES string of the molecule is CC1(NCc2ccc(Br)cc2[N+](=O)[O-])CCOCC1. The fourth-order valence-electron chi connectivity index (χ4n) is 2.16. The van der Waals surface area contributed by atoms with Crippen molar-refractivity contribution in [2.75, 3.05) is 13.2 Å². The van der Waals surface area contributed by atoms with E-state index in [1.165, 1.54) is 0 Å². The second kappa shape index (κ2) is 5.98. The number of hydrogen-bond donors (Lipinski definition) is 1. The number of benzene rings is 1. The minimum atomic E-state index is -0.339. The Balaban J connectivity index is 2.08. The molecule has 1 fully saturated rings. The Labute approximate surface area is 120 Å². The van der Waals surface area contributed by atoms with E-state index in [1.807, 2.05) is 6.07 Å². The number of hydrogen-bond acceptors (Lipinski definition) is 4. The molecule has 0 radical (unpaired) electrons. The summed E-state index contributed by atoms with van der Waals surface area (Å²) in [6.45, 7) is 4.12.